The van der Waals surface area contributed by atoms with Crippen LogP contribution in [-0.4, -0.2) is 32.8 Å². The Hall–Kier alpha value is -2.34. The number of fused-ring (bicyclic) bond motifs is 1. The van der Waals surface area contributed by atoms with Gasteiger partial charge in [-0.15, -0.1) is 0 Å². The molecule has 0 fully saturated rings. The Morgan fingerprint density at radius 3 is 2.79 bits per heavy atom. The number of carbonyl (C=O) groups is 1. The third-order valence-corrected chi connectivity index (χ3v) is 4.63. The number of rotatable bonds is 6. The van der Waals surface area contributed by atoms with Crippen LogP contribution in [-0.2, 0) is 5.75 Å². The number of aryl methyl sites for hydroxylation is 2. The normalized spacial score (nSPS) is 10.9. The smallest absolute Gasteiger partial charge is 0.270 e. The summed E-state index contributed by atoms with van der Waals surface area (Å²) in [6.07, 6.45) is 0. The number of carbonyl (C=O) groups excluding carboxylic acids is 1. The van der Waals surface area contributed by atoms with E-state index in [1.807, 2.05) is 38.1 Å². The average Bonchev–Trinajstić information content (AvgIpc) is 2.96. The molecule has 0 atom stereocenters. The van der Waals surface area contributed by atoms with Gasteiger partial charge in [0.2, 0.25) is 0 Å². The molecular formula is C18H20N4OS. The Morgan fingerprint density at radius 2 is 2.00 bits per heavy atom. The minimum atomic E-state index is -0.139. The predicted molar refractivity (Wildman–Crippen MR) is 97.4 cm³/mol. The molecule has 1 N–H and O–H groups in total. The van der Waals surface area contributed by atoms with Gasteiger partial charge in [-0.05, 0) is 25.5 Å². The minimum absolute atomic E-state index is 0.139. The number of amides is 1. The topological polar surface area (TPSA) is 59.3 Å². The van der Waals surface area contributed by atoms with Crippen molar-refractivity contribution in [2.75, 3.05) is 12.3 Å². The monoisotopic (exact) mass is 340 g/mol. The Kier molecular flexibility index (Phi) is 5.15. The van der Waals surface area contributed by atoms with Gasteiger partial charge in [-0.2, -0.15) is 16.9 Å². The summed E-state index contributed by atoms with van der Waals surface area (Å²) in [5.74, 6) is 1.68. The summed E-state index contributed by atoms with van der Waals surface area (Å²) in [4.78, 5) is 16.7. The van der Waals surface area contributed by atoms with Crippen molar-refractivity contribution >= 4 is 23.3 Å². The molecule has 3 aromatic rings. The number of thioether (sulfide) groups is 1. The molecule has 0 aliphatic carbocycles. The number of aromatic nitrogens is 3. The molecule has 0 aliphatic heterocycles. The summed E-state index contributed by atoms with van der Waals surface area (Å²) < 4.78 is 1.75. The maximum absolute atomic E-state index is 12.3. The maximum Gasteiger partial charge on any atom is 0.270 e. The molecule has 0 saturated heterocycles. The molecule has 6 heteroatoms. The number of hydrogen-bond acceptors (Lipinski definition) is 4. The van der Waals surface area contributed by atoms with Crippen molar-refractivity contribution in [2.24, 2.45) is 0 Å². The standard InChI is InChI=1S/C18H20N4OS/c1-13-10-17-20-16(11-14(2)22(17)21-13)18(23)19-8-9-24-12-15-6-4-3-5-7-15/h3-7,10-11H,8-9,12H2,1-2H3,(H,19,23). The Bertz CT molecular complexity index is 845. The van der Waals surface area contributed by atoms with Crippen molar-refractivity contribution in [3.8, 4) is 0 Å². The van der Waals surface area contributed by atoms with Crippen LogP contribution in [0.4, 0.5) is 0 Å². The molecule has 0 radical (unpaired) electrons. The van der Waals surface area contributed by atoms with E-state index in [1.54, 1.807) is 22.3 Å². The van der Waals surface area contributed by atoms with Crippen LogP contribution in [0.15, 0.2) is 42.5 Å². The first-order chi connectivity index (χ1) is 11.6. The van der Waals surface area contributed by atoms with Gasteiger partial charge in [0.15, 0.2) is 5.65 Å². The van der Waals surface area contributed by atoms with Gasteiger partial charge in [0.1, 0.15) is 5.69 Å². The molecule has 0 saturated carbocycles. The zero-order valence-corrected chi connectivity index (χ0v) is 14.6. The molecule has 124 valence electrons. The molecule has 24 heavy (non-hydrogen) atoms. The van der Waals surface area contributed by atoms with Gasteiger partial charge >= 0.3 is 0 Å². The number of nitrogens with zero attached hydrogens (tertiary/aromatic N) is 3. The summed E-state index contributed by atoms with van der Waals surface area (Å²) in [5, 5.41) is 7.28. The summed E-state index contributed by atoms with van der Waals surface area (Å²) in [5.41, 5.74) is 4.23. The molecule has 0 unspecified atom stereocenters. The summed E-state index contributed by atoms with van der Waals surface area (Å²) >= 11 is 1.80. The van der Waals surface area contributed by atoms with Crippen molar-refractivity contribution in [1.29, 1.82) is 0 Å². The van der Waals surface area contributed by atoms with E-state index in [0.29, 0.717) is 17.9 Å². The molecule has 5 nitrogen and oxygen atoms in total. The van der Waals surface area contributed by atoms with E-state index in [0.717, 1.165) is 22.9 Å². The third kappa shape index (κ3) is 3.94. The van der Waals surface area contributed by atoms with Crippen LogP contribution < -0.4 is 5.32 Å². The molecule has 0 bridgehead atoms. The number of benzene rings is 1. The van der Waals surface area contributed by atoms with Crippen LogP contribution in [0.1, 0.15) is 27.4 Å². The Balaban J connectivity index is 1.52. The fraction of sp³-hybridized carbons (Fsp3) is 0.278. The quantitative estimate of drug-likeness (QED) is 0.701. The fourth-order valence-corrected chi connectivity index (χ4v) is 3.27. The fourth-order valence-electron chi connectivity index (χ4n) is 2.45. The maximum atomic E-state index is 12.3. The zero-order chi connectivity index (χ0) is 16.9. The van der Waals surface area contributed by atoms with Crippen LogP contribution in [0.5, 0.6) is 0 Å². The highest BCUT2D eigenvalue weighted by atomic mass is 32.2. The first-order valence-corrected chi connectivity index (χ1v) is 9.03. The second-order valence-corrected chi connectivity index (χ2v) is 6.74. The molecule has 1 amide bonds. The van der Waals surface area contributed by atoms with E-state index in [-0.39, 0.29) is 5.91 Å². The lowest BCUT2D eigenvalue weighted by atomic mass is 10.2. The largest absolute Gasteiger partial charge is 0.350 e. The highest BCUT2D eigenvalue weighted by molar-refractivity contribution is 7.98. The van der Waals surface area contributed by atoms with Gasteiger partial charge in [0.25, 0.3) is 5.91 Å². The second-order valence-electron chi connectivity index (χ2n) is 5.63. The van der Waals surface area contributed by atoms with E-state index >= 15 is 0 Å². The van der Waals surface area contributed by atoms with E-state index < -0.39 is 0 Å². The molecule has 2 heterocycles. The van der Waals surface area contributed by atoms with Gasteiger partial charge in [-0.25, -0.2) is 9.50 Å². The molecule has 0 spiro atoms. The van der Waals surface area contributed by atoms with E-state index in [1.165, 1.54) is 5.56 Å². The van der Waals surface area contributed by atoms with Crippen molar-refractivity contribution < 1.29 is 4.79 Å². The highest BCUT2D eigenvalue weighted by Gasteiger charge is 2.11. The van der Waals surface area contributed by atoms with Gasteiger partial charge in [0, 0.05) is 29.8 Å². The van der Waals surface area contributed by atoms with E-state index in [2.05, 4.69) is 27.5 Å². The Morgan fingerprint density at radius 1 is 1.21 bits per heavy atom. The van der Waals surface area contributed by atoms with Gasteiger partial charge in [-0.1, -0.05) is 30.3 Å². The van der Waals surface area contributed by atoms with Gasteiger partial charge in [-0.3, -0.25) is 4.79 Å². The lowest BCUT2D eigenvalue weighted by molar-refractivity contribution is 0.0951. The SMILES string of the molecule is Cc1cc2nc(C(=O)NCCSCc3ccccc3)cc(C)n2n1. The third-order valence-electron chi connectivity index (χ3n) is 3.60. The van der Waals surface area contributed by atoms with Gasteiger partial charge < -0.3 is 5.32 Å². The van der Waals surface area contributed by atoms with Crippen molar-refractivity contribution in [2.45, 2.75) is 19.6 Å². The highest BCUT2D eigenvalue weighted by Crippen LogP contribution is 2.11. The van der Waals surface area contributed by atoms with Crippen LogP contribution >= 0.6 is 11.8 Å². The lowest BCUT2D eigenvalue weighted by Gasteiger charge is -2.06. The predicted octanol–water partition coefficient (Wildman–Crippen LogP) is 3.01. The van der Waals surface area contributed by atoms with Crippen LogP contribution in [0.25, 0.3) is 5.65 Å². The summed E-state index contributed by atoms with van der Waals surface area (Å²) in [6.45, 7) is 4.46. The van der Waals surface area contributed by atoms with Crippen LogP contribution in [0, 0.1) is 13.8 Å². The molecule has 1 aromatic carbocycles. The van der Waals surface area contributed by atoms with Crippen molar-refractivity contribution in [3.63, 3.8) is 0 Å². The van der Waals surface area contributed by atoms with Crippen molar-refractivity contribution in [1.82, 2.24) is 19.9 Å². The number of hydrogen-bond donors (Lipinski definition) is 1. The van der Waals surface area contributed by atoms with Crippen LogP contribution in [0.3, 0.4) is 0 Å². The molecule has 0 aliphatic rings. The first kappa shape index (κ1) is 16.5. The lowest BCUT2D eigenvalue weighted by Crippen LogP contribution is -2.27. The zero-order valence-electron chi connectivity index (χ0n) is 13.8. The first-order valence-electron chi connectivity index (χ1n) is 7.87. The van der Waals surface area contributed by atoms with Crippen molar-refractivity contribution in [3.05, 3.63) is 65.1 Å². The van der Waals surface area contributed by atoms with E-state index in [4.69, 9.17) is 0 Å². The molecule has 3 rings (SSSR count). The van der Waals surface area contributed by atoms with E-state index in [9.17, 15) is 4.79 Å². The number of nitrogens with one attached hydrogen (secondary N) is 1. The van der Waals surface area contributed by atoms with Crippen LogP contribution in [0.2, 0.25) is 0 Å². The summed E-state index contributed by atoms with van der Waals surface area (Å²) in [7, 11) is 0. The van der Waals surface area contributed by atoms with Gasteiger partial charge in [0.05, 0.1) is 5.69 Å². The molecular weight excluding hydrogens is 320 g/mol. The minimum Gasteiger partial charge on any atom is -0.350 e. The Labute approximate surface area is 145 Å². The average molecular weight is 340 g/mol. The summed E-state index contributed by atoms with van der Waals surface area (Å²) in [6, 6.07) is 14.0. The second kappa shape index (κ2) is 7.49. The molecule has 2 aromatic heterocycles.